The molecule has 1 rings (SSSR count). The number of ether oxygens (including phenoxy) is 1. The lowest BCUT2D eigenvalue weighted by molar-refractivity contribution is 0.323. The minimum absolute atomic E-state index is 0.735. The van der Waals surface area contributed by atoms with Crippen LogP contribution in [-0.2, 0) is 0 Å². The maximum absolute atomic E-state index is 5.59. The first-order valence-corrected chi connectivity index (χ1v) is 5.66. The van der Waals surface area contributed by atoms with Crippen molar-refractivity contribution in [1.29, 1.82) is 0 Å². The fraction of sp³-hybridized carbons (Fsp3) is 0.333. The van der Waals surface area contributed by atoms with Crippen molar-refractivity contribution in [3.8, 4) is 5.75 Å². The van der Waals surface area contributed by atoms with Crippen molar-refractivity contribution >= 4 is 15.9 Å². The number of benzene rings is 1. The van der Waals surface area contributed by atoms with Gasteiger partial charge in [0, 0.05) is 0 Å². The first-order chi connectivity index (χ1) is 6.84. The Morgan fingerprint density at radius 2 is 2.07 bits per heavy atom. The molecule has 14 heavy (non-hydrogen) atoms. The first kappa shape index (κ1) is 11.3. The van der Waals surface area contributed by atoms with E-state index in [-0.39, 0.29) is 0 Å². The van der Waals surface area contributed by atoms with Crippen LogP contribution in [-0.4, -0.2) is 6.61 Å². The topological polar surface area (TPSA) is 9.23 Å². The van der Waals surface area contributed by atoms with Crippen molar-refractivity contribution in [2.45, 2.75) is 19.8 Å². The summed E-state index contributed by atoms with van der Waals surface area (Å²) in [4.78, 5) is 0. The average Bonchev–Trinajstić information content (AvgIpc) is 2.20. The van der Waals surface area contributed by atoms with Crippen molar-refractivity contribution < 1.29 is 4.74 Å². The number of para-hydroxylation sites is 1. The molecular formula is C12H15BrO. The van der Waals surface area contributed by atoms with Crippen molar-refractivity contribution in [2.24, 2.45) is 0 Å². The summed E-state index contributed by atoms with van der Waals surface area (Å²) in [6.45, 7) is 2.87. The standard InChI is InChI=1S/C12H15BrO/c1-2-3-4-7-10-14-12-9-6-5-8-11(12)13/h3-6,8-9H,2,7,10H2,1H3/b4-3+. The molecule has 0 fully saturated rings. The molecule has 0 aliphatic heterocycles. The molecule has 0 heterocycles. The van der Waals surface area contributed by atoms with Gasteiger partial charge in [0.05, 0.1) is 11.1 Å². The average molecular weight is 255 g/mol. The van der Waals surface area contributed by atoms with Crippen LogP contribution in [0.25, 0.3) is 0 Å². The summed E-state index contributed by atoms with van der Waals surface area (Å²) in [5.41, 5.74) is 0. The molecular weight excluding hydrogens is 240 g/mol. The molecule has 0 saturated carbocycles. The van der Waals surface area contributed by atoms with Crippen LogP contribution in [0.3, 0.4) is 0 Å². The molecule has 1 nitrogen and oxygen atoms in total. The molecule has 1 aromatic rings. The fourth-order valence-electron chi connectivity index (χ4n) is 1.08. The summed E-state index contributed by atoms with van der Waals surface area (Å²) in [5, 5.41) is 0. The Labute approximate surface area is 93.9 Å². The zero-order chi connectivity index (χ0) is 10.2. The highest BCUT2D eigenvalue weighted by Gasteiger charge is 1.96. The lowest BCUT2D eigenvalue weighted by Gasteiger charge is -2.05. The van der Waals surface area contributed by atoms with Crippen molar-refractivity contribution in [2.75, 3.05) is 6.61 Å². The minimum atomic E-state index is 0.735. The highest BCUT2D eigenvalue weighted by molar-refractivity contribution is 9.10. The highest BCUT2D eigenvalue weighted by atomic mass is 79.9. The zero-order valence-electron chi connectivity index (χ0n) is 8.37. The molecule has 0 amide bonds. The molecule has 0 saturated heterocycles. The van der Waals surface area contributed by atoms with Gasteiger partial charge in [0.2, 0.25) is 0 Å². The third-order valence-electron chi connectivity index (χ3n) is 1.78. The van der Waals surface area contributed by atoms with E-state index in [0.717, 1.165) is 29.7 Å². The van der Waals surface area contributed by atoms with E-state index < -0.39 is 0 Å². The Hall–Kier alpha value is -0.760. The Balaban J connectivity index is 2.31. The van der Waals surface area contributed by atoms with E-state index in [1.54, 1.807) is 0 Å². The number of rotatable bonds is 5. The van der Waals surface area contributed by atoms with Crippen molar-refractivity contribution in [1.82, 2.24) is 0 Å². The summed E-state index contributed by atoms with van der Waals surface area (Å²) < 4.78 is 6.60. The van der Waals surface area contributed by atoms with Crippen LogP contribution in [0.15, 0.2) is 40.9 Å². The van der Waals surface area contributed by atoms with Crippen LogP contribution in [0.2, 0.25) is 0 Å². The summed E-state index contributed by atoms with van der Waals surface area (Å²) in [5.74, 6) is 0.914. The summed E-state index contributed by atoms with van der Waals surface area (Å²) in [7, 11) is 0. The Bertz CT molecular complexity index is 294. The minimum Gasteiger partial charge on any atom is -0.492 e. The van der Waals surface area contributed by atoms with Gasteiger partial charge in [0.1, 0.15) is 5.75 Å². The van der Waals surface area contributed by atoms with Gasteiger partial charge in [-0.2, -0.15) is 0 Å². The second-order valence-electron chi connectivity index (χ2n) is 2.95. The van der Waals surface area contributed by atoms with Gasteiger partial charge in [-0.3, -0.25) is 0 Å². The molecule has 0 aliphatic carbocycles. The van der Waals surface area contributed by atoms with Gasteiger partial charge in [-0.05, 0) is 40.9 Å². The maximum atomic E-state index is 5.59. The van der Waals surface area contributed by atoms with Gasteiger partial charge in [-0.1, -0.05) is 31.2 Å². The molecule has 0 bridgehead atoms. The van der Waals surface area contributed by atoms with Gasteiger partial charge in [-0.25, -0.2) is 0 Å². The van der Waals surface area contributed by atoms with Crippen LogP contribution >= 0.6 is 15.9 Å². The number of hydrogen-bond acceptors (Lipinski definition) is 1. The quantitative estimate of drug-likeness (QED) is 0.566. The largest absolute Gasteiger partial charge is 0.492 e. The first-order valence-electron chi connectivity index (χ1n) is 4.87. The number of allylic oxidation sites excluding steroid dienone is 1. The van der Waals surface area contributed by atoms with Crippen LogP contribution in [0.4, 0.5) is 0 Å². The zero-order valence-corrected chi connectivity index (χ0v) is 9.96. The smallest absolute Gasteiger partial charge is 0.133 e. The number of halogens is 1. The molecule has 0 spiro atoms. The second kappa shape index (κ2) is 6.66. The molecule has 1 aromatic carbocycles. The van der Waals surface area contributed by atoms with Gasteiger partial charge >= 0.3 is 0 Å². The van der Waals surface area contributed by atoms with Gasteiger partial charge in [-0.15, -0.1) is 0 Å². The normalized spacial score (nSPS) is 10.7. The van der Waals surface area contributed by atoms with E-state index in [9.17, 15) is 0 Å². The van der Waals surface area contributed by atoms with Gasteiger partial charge in [0.15, 0.2) is 0 Å². The van der Waals surface area contributed by atoms with Gasteiger partial charge < -0.3 is 4.74 Å². The van der Waals surface area contributed by atoms with Gasteiger partial charge in [0.25, 0.3) is 0 Å². The van der Waals surface area contributed by atoms with Crippen LogP contribution < -0.4 is 4.74 Å². The summed E-state index contributed by atoms with van der Waals surface area (Å²) in [6.07, 6.45) is 6.37. The summed E-state index contributed by atoms with van der Waals surface area (Å²) in [6, 6.07) is 7.90. The lowest BCUT2D eigenvalue weighted by Crippen LogP contribution is -1.95. The highest BCUT2D eigenvalue weighted by Crippen LogP contribution is 2.23. The van der Waals surface area contributed by atoms with E-state index in [4.69, 9.17) is 4.74 Å². The second-order valence-corrected chi connectivity index (χ2v) is 3.80. The van der Waals surface area contributed by atoms with E-state index in [1.165, 1.54) is 0 Å². The van der Waals surface area contributed by atoms with E-state index in [0.29, 0.717) is 0 Å². The third-order valence-corrected chi connectivity index (χ3v) is 2.44. The van der Waals surface area contributed by atoms with E-state index >= 15 is 0 Å². The molecule has 0 radical (unpaired) electrons. The molecule has 76 valence electrons. The molecule has 0 aromatic heterocycles. The molecule has 0 aliphatic rings. The van der Waals surface area contributed by atoms with Crippen LogP contribution in [0.1, 0.15) is 19.8 Å². The number of hydrogen-bond donors (Lipinski definition) is 0. The van der Waals surface area contributed by atoms with Crippen molar-refractivity contribution in [3.05, 3.63) is 40.9 Å². The maximum Gasteiger partial charge on any atom is 0.133 e. The van der Waals surface area contributed by atoms with Crippen molar-refractivity contribution in [3.63, 3.8) is 0 Å². The van der Waals surface area contributed by atoms with Crippen LogP contribution in [0, 0.1) is 0 Å². The Morgan fingerprint density at radius 1 is 1.29 bits per heavy atom. The Kier molecular flexibility index (Phi) is 5.38. The SMILES string of the molecule is CC/C=C/CCOc1ccccc1Br. The fourth-order valence-corrected chi connectivity index (χ4v) is 1.48. The predicted molar refractivity (Wildman–Crippen MR) is 63.7 cm³/mol. The lowest BCUT2D eigenvalue weighted by atomic mass is 10.3. The van der Waals surface area contributed by atoms with Crippen LogP contribution in [0.5, 0.6) is 5.75 Å². The monoisotopic (exact) mass is 254 g/mol. The third kappa shape index (κ3) is 3.97. The summed E-state index contributed by atoms with van der Waals surface area (Å²) >= 11 is 3.44. The predicted octanol–water partition coefficient (Wildman–Crippen LogP) is 4.18. The molecule has 0 atom stereocenters. The van der Waals surface area contributed by atoms with E-state index in [2.05, 4.69) is 35.0 Å². The molecule has 2 heteroatoms. The van der Waals surface area contributed by atoms with E-state index in [1.807, 2.05) is 24.3 Å². The molecule has 0 N–H and O–H groups in total. The molecule has 0 unspecified atom stereocenters. The Morgan fingerprint density at radius 3 is 2.79 bits per heavy atom.